The summed E-state index contributed by atoms with van der Waals surface area (Å²) in [4.78, 5) is 0. The highest BCUT2D eigenvalue weighted by atomic mass is 28.4. The topological polar surface area (TPSA) is 36.3 Å². The highest BCUT2D eigenvalue weighted by Crippen LogP contribution is 2.31. The Bertz CT molecular complexity index is 445. The molecule has 0 N–H and O–H groups in total. The number of hydrogen-bond acceptors (Lipinski definition) is 3. The van der Waals surface area contributed by atoms with E-state index < -0.39 is 8.32 Å². The van der Waals surface area contributed by atoms with Crippen LogP contribution in [0.3, 0.4) is 0 Å². The second-order valence-corrected chi connectivity index (χ2v) is 10.3. The van der Waals surface area contributed by atoms with E-state index in [0.717, 1.165) is 23.7 Å². The van der Waals surface area contributed by atoms with E-state index in [4.69, 9.17) is 4.53 Å². The summed E-state index contributed by atoms with van der Waals surface area (Å²) in [6, 6.07) is 15.9. The zero-order valence-corrected chi connectivity index (χ0v) is 15.0. The average Bonchev–Trinajstić information content (AvgIpc) is 2.53. The van der Waals surface area contributed by atoms with Gasteiger partial charge in [0.2, 0.25) is 8.32 Å². The van der Waals surface area contributed by atoms with Crippen LogP contribution in [0.5, 0.6) is 0 Å². The molecule has 1 aromatic rings. The third-order valence-electron chi connectivity index (χ3n) is 4.48. The first-order valence-corrected chi connectivity index (χ1v) is 10.4. The summed E-state index contributed by atoms with van der Waals surface area (Å²) in [5.74, 6) is -0.116. The third kappa shape index (κ3) is 4.41. The molecule has 1 aromatic carbocycles. The highest BCUT2D eigenvalue weighted by molar-refractivity contribution is 6.73. The first-order valence-electron chi connectivity index (χ1n) is 7.90. The molecule has 116 valence electrons. The Labute approximate surface area is 130 Å². The lowest BCUT2D eigenvalue weighted by Gasteiger charge is -2.38. The van der Waals surface area contributed by atoms with Crippen LogP contribution in [0.1, 0.15) is 39.3 Å². The number of nitrogens with zero attached hydrogens (tertiary/aromatic N) is 2. The lowest BCUT2D eigenvalue weighted by molar-refractivity contribution is -0.0946. The quantitative estimate of drug-likeness (QED) is 0.513. The first-order chi connectivity index (χ1) is 10.0. The zero-order valence-electron chi connectivity index (χ0n) is 14.0. The van der Waals surface area contributed by atoms with Crippen LogP contribution in [-0.2, 0) is 4.53 Å². The van der Waals surface area contributed by atoms with E-state index in [1.807, 2.05) is 37.2 Å². The zero-order chi connectivity index (χ0) is 15.9. The Hall–Kier alpha value is -1.15. The third-order valence-corrected chi connectivity index (χ3v) is 9.02. The van der Waals surface area contributed by atoms with Gasteiger partial charge in [-0.2, -0.15) is 10.3 Å². The molecule has 0 saturated carbocycles. The van der Waals surface area contributed by atoms with Crippen molar-refractivity contribution in [1.29, 1.82) is 5.26 Å². The Morgan fingerprint density at radius 1 is 1.14 bits per heavy atom. The monoisotopic (exact) mass is 304 g/mol. The van der Waals surface area contributed by atoms with Gasteiger partial charge in [-0.05, 0) is 30.6 Å². The van der Waals surface area contributed by atoms with Crippen molar-refractivity contribution >= 4 is 8.32 Å². The molecule has 0 aromatic heterocycles. The molecule has 0 spiro atoms. The first kappa shape index (κ1) is 17.9. The van der Waals surface area contributed by atoms with Gasteiger partial charge in [-0.25, -0.2) is 0 Å². The van der Waals surface area contributed by atoms with Crippen LogP contribution in [0.4, 0.5) is 0 Å². The number of rotatable bonds is 8. The summed E-state index contributed by atoms with van der Waals surface area (Å²) in [5.41, 5.74) is 1.14. The van der Waals surface area contributed by atoms with Crippen LogP contribution >= 0.6 is 0 Å². The lowest BCUT2D eigenvalue weighted by atomic mass is 9.96. The molecule has 0 fully saturated rings. The number of hydroxylamine groups is 2. The minimum Gasteiger partial charge on any atom is -0.342 e. The van der Waals surface area contributed by atoms with Crippen LogP contribution in [0, 0.1) is 17.2 Å². The van der Waals surface area contributed by atoms with E-state index in [1.54, 1.807) is 0 Å². The molecule has 0 heterocycles. The van der Waals surface area contributed by atoms with Gasteiger partial charge in [0.05, 0.1) is 18.0 Å². The molecule has 0 amide bonds. The van der Waals surface area contributed by atoms with Crippen molar-refractivity contribution in [2.45, 2.75) is 51.9 Å². The molecule has 0 aliphatic carbocycles. The van der Waals surface area contributed by atoms with E-state index >= 15 is 0 Å². The van der Waals surface area contributed by atoms with Gasteiger partial charge in [-0.15, -0.1) is 0 Å². The molecular weight excluding hydrogens is 276 g/mol. The van der Waals surface area contributed by atoms with Crippen LogP contribution in [0.15, 0.2) is 30.3 Å². The predicted molar refractivity (Wildman–Crippen MR) is 90.0 cm³/mol. The lowest BCUT2D eigenvalue weighted by Crippen LogP contribution is -2.44. The second kappa shape index (κ2) is 8.33. The molecule has 0 aliphatic heterocycles. The molecule has 2 unspecified atom stereocenters. The molecule has 3 nitrogen and oxygen atoms in total. The Balaban J connectivity index is 3.02. The molecule has 1 rings (SSSR count). The van der Waals surface area contributed by atoms with Gasteiger partial charge in [0.1, 0.15) is 0 Å². The summed E-state index contributed by atoms with van der Waals surface area (Å²) in [6.07, 6.45) is 0. The Morgan fingerprint density at radius 3 is 2.10 bits per heavy atom. The summed E-state index contributed by atoms with van der Waals surface area (Å²) in [5, 5.41) is 11.3. The van der Waals surface area contributed by atoms with Crippen molar-refractivity contribution in [3.8, 4) is 6.07 Å². The summed E-state index contributed by atoms with van der Waals surface area (Å²) in [7, 11) is 0.262. The smallest absolute Gasteiger partial charge is 0.220 e. The van der Waals surface area contributed by atoms with E-state index in [1.165, 1.54) is 0 Å². The van der Waals surface area contributed by atoms with Gasteiger partial charge in [0.15, 0.2) is 0 Å². The van der Waals surface area contributed by atoms with E-state index in [0.29, 0.717) is 0 Å². The van der Waals surface area contributed by atoms with Gasteiger partial charge in [-0.1, -0.05) is 51.1 Å². The van der Waals surface area contributed by atoms with Crippen LogP contribution in [0.2, 0.25) is 18.1 Å². The Kier molecular flexibility index (Phi) is 7.10. The average molecular weight is 305 g/mol. The minimum absolute atomic E-state index is 0.0206. The van der Waals surface area contributed by atoms with Crippen LogP contribution in [0.25, 0.3) is 0 Å². The maximum Gasteiger partial charge on any atom is 0.220 e. The van der Waals surface area contributed by atoms with Crippen molar-refractivity contribution in [3.63, 3.8) is 0 Å². The maximum atomic E-state index is 9.36. The molecule has 0 saturated heterocycles. The molecule has 0 aliphatic rings. The predicted octanol–water partition coefficient (Wildman–Crippen LogP) is 4.76. The summed E-state index contributed by atoms with van der Waals surface area (Å²) in [6.45, 7) is 8.62. The summed E-state index contributed by atoms with van der Waals surface area (Å²) >= 11 is 0. The van der Waals surface area contributed by atoms with E-state index in [-0.39, 0.29) is 12.0 Å². The SMILES string of the molecule is CC[Si](CC)(CC)ON(C)C(c1ccccc1)C(C)C#N. The second-order valence-electron chi connectivity index (χ2n) is 5.65. The Morgan fingerprint density at radius 2 is 1.67 bits per heavy atom. The van der Waals surface area contributed by atoms with Crippen molar-refractivity contribution in [1.82, 2.24) is 5.06 Å². The van der Waals surface area contributed by atoms with Crippen molar-refractivity contribution < 1.29 is 4.53 Å². The van der Waals surface area contributed by atoms with Crippen molar-refractivity contribution in [2.75, 3.05) is 7.05 Å². The fraction of sp³-hybridized carbons (Fsp3) is 0.588. The van der Waals surface area contributed by atoms with Crippen LogP contribution in [-0.4, -0.2) is 20.4 Å². The molecule has 4 heteroatoms. The summed E-state index contributed by atoms with van der Waals surface area (Å²) < 4.78 is 6.45. The number of nitriles is 1. The van der Waals surface area contributed by atoms with Gasteiger partial charge in [-0.3, -0.25) is 0 Å². The largest absolute Gasteiger partial charge is 0.342 e. The van der Waals surface area contributed by atoms with E-state index in [9.17, 15) is 5.26 Å². The van der Waals surface area contributed by atoms with Gasteiger partial charge < -0.3 is 4.53 Å². The minimum atomic E-state index is -1.72. The molecule has 0 radical (unpaired) electrons. The molecule has 21 heavy (non-hydrogen) atoms. The van der Waals surface area contributed by atoms with Crippen molar-refractivity contribution in [3.05, 3.63) is 35.9 Å². The van der Waals surface area contributed by atoms with Gasteiger partial charge in [0.25, 0.3) is 0 Å². The van der Waals surface area contributed by atoms with Crippen molar-refractivity contribution in [2.24, 2.45) is 5.92 Å². The molecular formula is C17H28N2OSi. The van der Waals surface area contributed by atoms with Gasteiger partial charge in [0, 0.05) is 7.05 Å². The highest BCUT2D eigenvalue weighted by Gasteiger charge is 2.35. The standard InChI is InChI=1S/C17H28N2OSi/c1-6-21(7-2,8-3)20-19(5)17(15(4)14-18)16-12-10-9-11-13-16/h9-13,15,17H,6-8H2,1-5H3. The number of benzene rings is 1. The number of hydrogen-bond donors (Lipinski definition) is 0. The molecule has 2 atom stereocenters. The fourth-order valence-corrected chi connectivity index (χ4v) is 5.45. The fourth-order valence-electron chi connectivity index (χ4n) is 2.84. The van der Waals surface area contributed by atoms with E-state index in [2.05, 4.69) is 39.0 Å². The van der Waals surface area contributed by atoms with Gasteiger partial charge >= 0.3 is 0 Å². The molecule has 0 bridgehead atoms. The normalized spacial score (nSPS) is 14.7. The maximum absolute atomic E-state index is 9.36. The van der Waals surface area contributed by atoms with Crippen LogP contribution < -0.4 is 0 Å².